The van der Waals surface area contributed by atoms with Gasteiger partial charge in [0.2, 0.25) is 5.91 Å². The number of benzene rings is 2. The molecule has 1 aromatic heterocycles. The van der Waals surface area contributed by atoms with Gasteiger partial charge in [0, 0.05) is 15.6 Å². The molecule has 10 heteroatoms. The van der Waals surface area contributed by atoms with Crippen LogP contribution < -0.4 is 10.5 Å². The molecule has 28 heavy (non-hydrogen) atoms. The molecule has 146 valence electrons. The van der Waals surface area contributed by atoms with Gasteiger partial charge in [0.15, 0.2) is 0 Å². The molecule has 0 saturated heterocycles. The van der Waals surface area contributed by atoms with Crippen LogP contribution in [-0.2, 0) is 12.8 Å². The van der Waals surface area contributed by atoms with Crippen molar-refractivity contribution >= 4 is 33.3 Å². The predicted molar refractivity (Wildman–Crippen MR) is 93.0 cm³/mol. The molecule has 5 nitrogen and oxygen atoms in total. The molecule has 0 saturated carbocycles. The number of nitrogens with two attached hydrogens (primary N) is 1. The fraction of sp³-hybridized carbons (Fsp3) is 0.111. The average molecular weight is 413 g/mol. The molecule has 1 amide bonds. The third-order valence-electron chi connectivity index (χ3n) is 3.90. The lowest BCUT2D eigenvalue weighted by molar-refractivity contribution is -0.138. The number of hydrogen-bond acceptors (Lipinski definition) is 4. The maximum atomic E-state index is 14.2. The summed E-state index contributed by atoms with van der Waals surface area (Å²) in [5.74, 6) is -3.50. The van der Waals surface area contributed by atoms with E-state index in [1.165, 1.54) is 12.1 Å². The van der Waals surface area contributed by atoms with Crippen molar-refractivity contribution in [1.82, 2.24) is 0 Å². The molecule has 3 rings (SSSR count). The Morgan fingerprint density at radius 1 is 1.18 bits per heavy atom. The van der Waals surface area contributed by atoms with Gasteiger partial charge in [-0.25, -0.2) is 9.18 Å². The summed E-state index contributed by atoms with van der Waals surface area (Å²) < 4.78 is 59.3. The van der Waals surface area contributed by atoms with E-state index < -0.39 is 41.6 Å². The Kier molecular flexibility index (Phi) is 4.99. The highest BCUT2D eigenvalue weighted by Gasteiger charge is 2.35. The quantitative estimate of drug-likeness (QED) is 0.606. The molecule has 0 radical (unpaired) electrons. The Balaban J connectivity index is 2.00. The molecule has 0 spiro atoms. The third kappa shape index (κ3) is 3.63. The molecule has 3 aromatic rings. The van der Waals surface area contributed by atoms with E-state index in [-0.39, 0.29) is 21.6 Å². The summed E-state index contributed by atoms with van der Waals surface area (Å²) in [6.07, 6.45) is -4.85. The summed E-state index contributed by atoms with van der Waals surface area (Å²) in [6, 6.07) is 6.65. The second-order valence-electron chi connectivity index (χ2n) is 5.69. The van der Waals surface area contributed by atoms with Crippen LogP contribution in [0.2, 0.25) is 0 Å². The van der Waals surface area contributed by atoms with Crippen molar-refractivity contribution in [3.05, 3.63) is 63.8 Å². The van der Waals surface area contributed by atoms with Gasteiger partial charge in [0.1, 0.15) is 23.1 Å². The van der Waals surface area contributed by atoms with Gasteiger partial charge in [-0.05, 0) is 30.3 Å². The van der Waals surface area contributed by atoms with Crippen LogP contribution in [-0.4, -0.2) is 17.0 Å². The van der Waals surface area contributed by atoms with Crippen molar-refractivity contribution in [2.24, 2.45) is 5.73 Å². The van der Waals surface area contributed by atoms with E-state index >= 15 is 0 Å². The number of carbonyl (C=O) groups is 2. The highest BCUT2D eigenvalue weighted by atomic mass is 32.1. The van der Waals surface area contributed by atoms with Crippen molar-refractivity contribution in [2.75, 3.05) is 0 Å². The van der Waals surface area contributed by atoms with E-state index in [0.29, 0.717) is 10.8 Å². The SMILES string of the molecule is NC(=O)c1ccc(OCc2c(C(=O)O)sc3cccc(F)c23)cc1C(F)(F)F. The summed E-state index contributed by atoms with van der Waals surface area (Å²) in [5, 5.41) is 9.37. The molecular formula is C18H11F4NO4S. The first-order valence-corrected chi connectivity index (χ1v) is 8.48. The number of hydrogen-bond donors (Lipinski definition) is 2. The van der Waals surface area contributed by atoms with Crippen molar-refractivity contribution in [2.45, 2.75) is 12.8 Å². The number of fused-ring (bicyclic) bond motifs is 1. The standard InChI is InChI=1S/C18H11F4NO4S/c19-12-2-1-3-13-14(12)10(15(28-13)17(25)26)7-27-8-4-5-9(16(23)24)11(6-8)18(20,21)22/h1-6H,7H2,(H2,23,24)(H,25,26). The summed E-state index contributed by atoms with van der Waals surface area (Å²) in [7, 11) is 0. The van der Waals surface area contributed by atoms with Gasteiger partial charge in [0.05, 0.1) is 11.1 Å². The van der Waals surface area contributed by atoms with Gasteiger partial charge < -0.3 is 15.6 Å². The van der Waals surface area contributed by atoms with Gasteiger partial charge in [-0.1, -0.05) is 6.07 Å². The van der Waals surface area contributed by atoms with Crippen LogP contribution in [0.15, 0.2) is 36.4 Å². The number of alkyl halides is 3. The molecule has 2 aromatic carbocycles. The number of rotatable bonds is 5. The smallest absolute Gasteiger partial charge is 0.417 e. The van der Waals surface area contributed by atoms with E-state index in [9.17, 15) is 32.3 Å². The highest BCUT2D eigenvalue weighted by Crippen LogP contribution is 2.36. The number of carboxylic acid groups (broad SMARTS) is 1. The van der Waals surface area contributed by atoms with Crippen molar-refractivity contribution < 1.29 is 37.0 Å². The molecule has 0 bridgehead atoms. The van der Waals surface area contributed by atoms with Gasteiger partial charge in [0.25, 0.3) is 0 Å². The molecule has 0 aliphatic heterocycles. The molecule has 0 atom stereocenters. The zero-order chi connectivity index (χ0) is 20.6. The Labute approximate surface area is 159 Å². The lowest BCUT2D eigenvalue weighted by atomic mass is 10.1. The summed E-state index contributed by atoms with van der Waals surface area (Å²) >= 11 is 0.834. The Morgan fingerprint density at radius 3 is 2.50 bits per heavy atom. The predicted octanol–water partition coefficient (Wildman–Crippen LogP) is 4.44. The monoisotopic (exact) mass is 413 g/mol. The van der Waals surface area contributed by atoms with Crippen LogP contribution in [0.4, 0.5) is 17.6 Å². The Bertz CT molecular complexity index is 1090. The second-order valence-corrected chi connectivity index (χ2v) is 6.74. The van der Waals surface area contributed by atoms with Crippen LogP contribution in [0.5, 0.6) is 5.75 Å². The number of carbonyl (C=O) groups excluding carboxylic acids is 1. The number of primary amides is 1. The van der Waals surface area contributed by atoms with Crippen molar-refractivity contribution in [3.8, 4) is 5.75 Å². The van der Waals surface area contributed by atoms with Gasteiger partial charge in [-0.3, -0.25) is 4.79 Å². The van der Waals surface area contributed by atoms with Crippen molar-refractivity contribution in [1.29, 1.82) is 0 Å². The van der Waals surface area contributed by atoms with Crippen LogP contribution in [0.1, 0.15) is 31.2 Å². The minimum absolute atomic E-state index is 0.0122. The first-order chi connectivity index (χ1) is 13.1. The Morgan fingerprint density at radius 2 is 1.89 bits per heavy atom. The fourth-order valence-corrected chi connectivity index (χ4v) is 3.76. The Hall–Kier alpha value is -3.14. The summed E-state index contributed by atoms with van der Waals surface area (Å²) in [4.78, 5) is 22.5. The second kappa shape index (κ2) is 7.12. The zero-order valence-corrected chi connectivity index (χ0v) is 14.7. The number of halogens is 4. The van der Waals surface area contributed by atoms with Crippen LogP contribution in [0, 0.1) is 5.82 Å². The molecule has 1 heterocycles. The van der Waals surface area contributed by atoms with E-state index in [0.717, 1.165) is 29.5 Å². The lowest BCUT2D eigenvalue weighted by Crippen LogP contribution is -2.18. The fourth-order valence-electron chi connectivity index (χ4n) is 2.70. The van der Waals surface area contributed by atoms with Crippen LogP contribution in [0.3, 0.4) is 0 Å². The number of ether oxygens (including phenoxy) is 1. The molecule has 3 N–H and O–H groups in total. The van der Waals surface area contributed by atoms with Gasteiger partial charge >= 0.3 is 12.1 Å². The minimum Gasteiger partial charge on any atom is -0.489 e. The highest BCUT2D eigenvalue weighted by molar-refractivity contribution is 7.21. The van der Waals surface area contributed by atoms with Crippen molar-refractivity contribution in [3.63, 3.8) is 0 Å². The van der Waals surface area contributed by atoms with Crippen LogP contribution in [0.25, 0.3) is 10.1 Å². The van der Waals surface area contributed by atoms with Gasteiger partial charge in [-0.2, -0.15) is 13.2 Å². The third-order valence-corrected chi connectivity index (χ3v) is 5.09. The van der Waals surface area contributed by atoms with E-state index in [1.807, 2.05) is 0 Å². The topological polar surface area (TPSA) is 89.6 Å². The maximum absolute atomic E-state index is 14.2. The molecule has 0 unspecified atom stereocenters. The first kappa shape index (κ1) is 19.6. The first-order valence-electron chi connectivity index (χ1n) is 7.66. The lowest BCUT2D eigenvalue weighted by Gasteiger charge is -2.13. The normalized spacial score (nSPS) is 11.6. The largest absolute Gasteiger partial charge is 0.489 e. The van der Waals surface area contributed by atoms with E-state index in [1.54, 1.807) is 0 Å². The maximum Gasteiger partial charge on any atom is 0.417 e. The number of carboxylic acids is 1. The van der Waals surface area contributed by atoms with Crippen LogP contribution >= 0.6 is 11.3 Å². The zero-order valence-electron chi connectivity index (χ0n) is 13.8. The molecule has 0 aliphatic rings. The van der Waals surface area contributed by atoms with Gasteiger partial charge in [-0.15, -0.1) is 11.3 Å². The molecule has 0 aliphatic carbocycles. The molecular weight excluding hydrogens is 402 g/mol. The summed E-state index contributed by atoms with van der Waals surface area (Å²) in [6.45, 7) is -0.476. The van der Waals surface area contributed by atoms with E-state index in [4.69, 9.17) is 10.5 Å². The number of aromatic carboxylic acids is 1. The summed E-state index contributed by atoms with van der Waals surface area (Å²) in [5.41, 5.74) is 2.97. The molecule has 0 fully saturated rings. The number of thiophene rings is 1. The number of amides is 1. The minimum atomic E-state index is -4.85. The average Bonchev–Trinajstić information content (AvgIpc) is 2.99. The van der Waals surface area contributed by atoms with E-state index in [2.05, 4.69) is 0 Å².